The van der Waals surface area contributed by atoms with Crippen LogP contribution in [0.1, 0.15) is 34.7 Å². The predicted octanol–water partition coefficient (Wildman–Crippen LogP) is 3.17. The van der Waals surface area contributed by atoms with E-state index in [-0.39, 0.29) is 11.8 Å². The van der Waals surface area contributed by atoms with Crippen molar-refractivity contribution in [3.05, 3.63) is 64.3 Å². The predicted molar refractivity (Wildman–Crippen MR) is 89.7 cm³/mol. The maximum absolute atomic E-state index is 12.0. The SMILES string of the molecule is Cc1c2c(nn1Cc1ccccc1)NC(=O)CC2c1cnsc1. The van der Waals surface area contributed by atoms with Crippen molar-refractivity contribution in [1.29, 1.82) is 0 Å². The topological polar surface area (TPSA) is 59.8 Å². The van der Waals surface area contributed by atoms with Gasteiger partial charge in [0.15, 0.2) is 5.82 Å². The zero-order valence-electron chi connectivity index (χ0n) is 12.7. The molecule has 1 atom stereocenters. The van der Waals surface area contributed by atoms with Crippen LogP contribution in [0, 0.1) is 6.92 Å². The smallest absolute Gasteiger partial charge is 0.226 e. The van der Waals surface area contributed by atoms with Crippen LogP contribution in [-0.4, -0.2) is 20.1 Å². The van der Waals surface area contributed by atoms with Crippen molar-refractivity contribution >= 4 is 23.3 Å². The van der Waals surface area contributed by atoms with Crippen molar-refractivity contribution in [2.45, 2.75) is 25.8 Å². The van der Waals surface area contributed by atoms with Crippen LogP contribution in [0.25, 0.3) is 0 Å². The van der Waals surface area contributed by atoms with E-state index in [2.05, 4.69) is 33.8 Å². The number of carbonyl (C=O) groups is 1. The van der Waals surface area contributed by atoms with Crippen LogP contribution in [0.2, 0.25) is 0 Å². The van der Waals surface area contributed by atoms with E-state index in [0.29, 0.717) is 18.8 Å². The average Bonchev–Trinajstić information content (AvgIpc) is 3.17. The van der Waals surface area contributed by atoms with Gasteiger partial charge in [-0.2, -0.15) is 5.10 Å². The Kier molecular flexibility index (Phi) is 3.46. The number of carbonyl (C=O) groups excluding carboxylic acids is 1. The van der Waals surface area contributed by atoms with Gasteiger partial charge >= 0.3 is 0 Å². The first kappa shape index (κ1) is 14.1. The van der Waals surface area contributed by atoms with Gasteiger partial charge in [-0.15, -0.1) is 0 Å². The monoisotopic (exact) mass is 324 g/mol. The Bertz CT molecular complexity index is 839. The van der Waals surface area contributed by atoms with Crippen molar-refractivity contribution < 1.29 is 4.79 Å². The molecular formula is C17H16N4OS. The highest BCUT2D eigenvalue weighted by Crippen LogP contribution is 2.39. The van der Waals surface area contributed by atoms with E-state index in [9.17, 15) is 4.79 Å². The van der Waals surface area contributed by atoms with E-state index < -0.39 is 0 Å². The van der Waals surface area contributed by atoms with Gasteiger partial charge in [-0.05, 0) is 29.6 Å². The normalized spacial score (nSPS) is 16.9. The molecule has 0 saturated carbocycles. The lowest BCUT2D eigenvalue weighted by atomic mass is 9.88. The fourth-order valence-corrected chi connectivity index (χ4v) is 3.71. The largest absolute Gasteiger partial charge is 0.309 e. The first-order valence-corrected chi connectivity index (χ1v) is 8.36. The number of nitrogens with zero attached hydrogens (tertiary/aromatic N) is 3. The molecule has 1 aliphatic heterocycles. The van der Waals surface area contributed by atoms with Crippen LogP contribution in [-0.2, 0) is 11.3 Å². The summed E-state index contributed by atoms with van der Waals surface area (Å²) in [4.78, 5) is 12.0. The van der Waals surface area contributed by atoms with Crippen LogP contribution in [0.3, 0.4) is 0 Å². The molecule has 3 aromatic rings. The van der Waals surface area contributed by atoms with Crippen LogP contribution < -0.4 is 5.32 Å². The van der Waals surface area contributed by atoms with Crippen LogP contribution in [0.15, 0.2) is 41.9 Å². The third kappa shape index (κ3) is 2.55. The Morgan fingerprint density at radius 1 is 1.35 bits per heavy atom. The number of aromatic nitrogens is 3. The molecule has 0 radical (unpaired) electrons. The molecule has 1 N–H and O–H groups in total. The highest BCUT2D eigenvalue weighted by Gasteiger charge is 2.32. The number of benzene rings is 1. The maximum atomic E-state index is 12.0. The third-order valence-corrected chi connectivity index (χ3v) is 4.88. The second-order valence-corrected chi connectivity index (χ2v) is 6.41. The molecule has 0 saturated heterocycles. The first-order valence-electron chi connectivity index (χ1n) is 7.52. The summed E-state index contributed by atoms with van der Waals surface area (Å²) in [6, 6.07) is 10.2. The van der Waals surface area contributed by atoms with E-state index in [4.69, 9.17) is 0 Å². The standard InChI is InChI=1S/C17H16N4OS/c1-11-16-14(13-8-18-23-10-13)7-15(22)19-17(16)20-21(11)9-12-5-3-2-4-6-12/h2-6,8,10,14H,7,9H2,1H3,(H,19,20,22). The van der Waals surface area contributed by atoms with Gasteiger partial charge in [0.2, 0.25) is 5.91 Å². The molecular weight excluding hydrogens is 308 g/mol. The Morgan fingerprint density at radius 2 is 2.17 bits per heavy atom. The summed E-state index contributed by atoms with van der Waals surface area (Å²) in [5.41, 5.74) is 4.49. The lowest BCUT2D eigenvalue weighted by Gasteiger charge is -2.21. The minimum Gasteiger partial charge on any atom is -0.309 e. The number of nitrogens with one attached hydrogen (secondary N) is 1. The molecule has 4 rings (SSSR count). The van der Waals surface area contributed by atoms with E-state index in [0.717, 1.165) is 16.8 Å². The summed E-state index contributed by atoms with van der Waals surface area (Å²) in [5.74, 6) is 0.742. The van der Waals surface area contributed by atoms with Gasteiger partial charge in [-0.3, -0.25) is 9.48 Å². The Hall–Kier alpha value is -2.47. The molecule has 1 unspecified atom stereocenters. The first-order chi connectivity index (χ1) is 11.2. The second kappa shape index (κ2) is 5.62. The lowest BCUT2D eigenvalue weighted by molar-refractivity contribution is -0.116. The summed E-state index contributed by atoms with van der Waals surface area (Å²) in [6.07, 6.45) is 2.30. The summed E-state index contributed by atoms with van der Waals surface area (Å²) in [7, 11) is 0. The Labute approximate surface area is 138 Å². The molecule has 0 spiro atoms. The number of fused-ring (bicyclic) bond motifs is 1. The number of anilines is 1. The lowest BCUT2D eigenvalue weighted by Crippen LogP contribution is -2.23. The van der Waals surface area contributed by atoms with Gasteiger partial charge in [-0.1, -0.05) is 30.3 Å². The van der Waals surface area contributed by atoms with Crippen molar-refractivity contribution in [1.82, 2.24) is 14.2 Å². The van der Waals surface area contributed by atoms with Gasteiger partial charge < -0.3 is 5.32 Å². The zero-order chi connectivity index (χ0) is 15.8. The average molecular weight is 324 g/mol. The molecule has 0 aliphatic carbocycles. The minimum absolute atomic E-state index is 0.0121. The molecule has 3 heterocycles. The van der Waals surface area contributed by atoms with Crippen molar-refractivity contribution in [3.8, 4) is 0 Å². The van der Waals surface area contributed by atoms with E-state index in [1.807, 2.05) is 34.5 Å². The molecule has 0 fully saturated rings. The van der Waals surface area contributed by atoms with Crippen LogP contribution in [0.5, 0.6) is 0 Å². The molecule has 1 amide bonds. The second-order valence-electron chi connectivity index (χ2n) is 5.75. The zero-order valence-corrected chi connectivity index (χ0v) is 13.5. The molecule has 5 nitrogen and oxygen atoms in total. The summed E-state index contributed by atoms with van der Waals surface area (Å²) in [5, 5.41) is 9.55. The molecule has 2 aromatic heterocycles. The summed E-state index contributed by atoms with van der Waals surface area (Å²) in [6.45, 7) is 2.77. The number of hydrogen-bond donors (Lipinski definition) is 1. The molecule has 6 heteroatoms. The maximum Gasteiger partial charge on any atom is 0.226 e. The fourth-order valence-electron chi connectivity index (χ4n) is 3.12. The van der Waals surface area contributed by atoms with Gasteiger partial charge in [0, 0.05) is 35.2 Å². The molecule has 23 heavy (non-hydrogen) atoms. The number of hydrogen-bond acceptors (Lipinski definition) is 4. The highest BCUT2D eigenvalue weighted by atomic mass is 32.1. The van der Waals surface area contributed by atoms with E-state index in [1.54, 1.807) is 0 Å². The Balaban J connectivity index is 1.75. The van der Waals surface area contributed by atoms with Gasteiger partial charge in [0.05, 0.1) is 6.54 Å². The number of rotatable bonds is 3. The van der Waals surface area contributed by atoms with Crippen LogP contribution in [0.4, 0.5) is 5.82 Å². The quantitative estimate of drug-likeness (QED) is 0.805. The Morgan fingerprint density at radius 3 is 2.91 bits per heavy atom. The third-order valence-electron chi connectivity index (χ3n) is 4.28. The van der Waals surface area contributed by atoms with Crippen molar-refractivity contribution in [3.63, 3.8) is 0 Å². The minimum atomic E-state index is 0.0121. The summed E-state index contributed by atoms with van der Waals surface area (Å²) >= 11 is 1.42. The molecule has 116 valence electrons. The molecule has 1 aliphatic rings. The van der Waals surface area contributed by atoms with Crippen LogP contribution >= 0.6 is 11.5 Å². The van der Waals surface area contributed by atoms with Crippen molar-refractivity contribution in [2.24, 2.45) is 0 Å². The molecule has 0 bridgehead atoms. The van der Waals surface area contributed by atoms with Gasteiger partial charge in [-0.25, -0.2) is 4.37 Å². The van der Waals surface area contributed by atoms with E-state index in [1.165, 1.54) is 17.1 Å². The fraction of sp³-hybridized carbons (Fsp3) is 0.235. The van der Waals surface area contributed by atoms with Crippen molar-refractivity contribution in [2.75, 3.05) is 5.32 Å². The molecule has 1 aromatic carbocycles. The summed E-state index contributed by atoms with van der Waals surface area (Å²) < 4.78 is 6.15. The number of amides is 1. The van der Waals surface area contributed by atoms with Gasteiger partial charge in [0.25, 0.3) is 0 Å². The van der Waals surface area contributed by atoms with Gasteiger partial charge in [0.1, 0.15) is 0 Å². The highest BCUT2D eigenvalue weighted by molar-refractivity contribution is 7.03. The van der Waals surface area contributed by atoms with E-state index >= 15 is 0 Å².